The maximum atomic E-state index is 9.28. The van der Waals surface area contributed by atoms with E-state index >= 15 is 0 Å². The maximum Gasteiger partial charge on any atom is 0.189 e. The molecule has 0 saturated carbocycles. The van der Waals surface area contributed by atoms with E-state index in [1.807, 2.05) is 20.8 Å². The van der Waals surface area contributed by atoms with Gasteiger partial charge in [0.15, 0.2) is 5.96 Å². The number of nitrogens with one attached hydrogen (secondary N) is 1. The quantitative estimate of drug-likeness (QED) is 0.433. The van der Waals surface area contributed by atoms with Crippen molar-refractivity contribution in [2.75, 3.05) is 20.3 Å². The summed E-state index contributed by atoms with van der Waals surface area (Å²) in [5, 5.41) is 12.3. The lowest BCUT2D eigenvalue weighted by Crippen LogP contribution is -2.45. The molecule has 0 spiro atoms. The van der Waals surface area contributed by atoms with Gasteiger partial charge < -0.3 is 20.9 Å². The predicted molar refractivity (Wildman–Crippen MR) is 57.3 cm³/mol. The normalized spacial score (nSPS) is 15.4. The van der Waals surface area contributed by atoms with E-state index in [0.717, 1.165) is 0 Å². The summed E-state index contributed by atoms with van der Waals surface area (Å²) in [6, 6.07) is 0. The van der Waals surface area contributed by atoms with Gasteiger partial charge in [-0.2, -0.15) is 0 Å². The first kappa shape index (κ1) is 13.2. The van der Waals surface area contributed by atoms with E-state index in [4.69, 9.17) is 10.5 Å². The molecule has 1 unspecified atom stereocenters. The molecule has 5 heteroatoms. The summed E-state index contributed by atoms with van der Waals surface area (Å²) in [5.41, 5.74) is 5.48. The molecule has 0 rings (SSSR count). The zero-order valence-corrected chi connectivity index (χ0v) is 9.37. The third-order valence-corrected chi connectivity index (χ3v) is 1.33. The zero-order chi connectivity index (χ0) is 11.2. The maximum absolute atomic E-state index is 9.28. The number of hydrogen-bond acceptors (Lipinski definition) is 3. The summed E-state index contributed by atoms with van der Waals surface area (Å²) in [5.74, 6) is 0.340. The van der Waals surface area contributed by atoms with E-state index in [1.165, 1.54) is 7.11 Å². The molecule has 0 aliphatic heterocycles. The lowest BCUT2D eigenvalue weighted by Gasteiger charge is -2.21. The van der Waals surface area contributed by atoms with Crippen LogP contribution in [-0.2, 0) is 4.74 Å². The molecule has 0 radical (unpaired) electrons. The van der Waals surface area contributed by atoms with Crippen molar-refractivity contribution in [3.05, 3.63) is 0 Å². The lowest BCUT2D eigenvalue weighted by atomic mass is 10.1. The van der Waals surface area contributed by atoms with Crippen LogP contribution in [0, 0.1) is 0 Å². The number of aliphatic imine (C=N–C) groups is 1. The predicted octanol–water partition coefficient (Wildman–Crippen LogP) is -0.303. The summed E-state index contributed by atoms with van der Waals surface area (Å²) < 4.78 is 4.76. The Balaban J connectivity index is 3.88. The second-order valence-electron chi connectivity index (χ2n) is 4.21. The Hall–Kier alpha value is -0.810. The molecule has 4 N–H and O–H groups in total. The highest BCUT2D eigenvalue weighted by Gasteiger charge is 2.10. The van der Waals surface area contributed by atoms with Crippen LogP contribution in [-0.4, -0.2) is 43.0 Å². The molecule has 0 aromatic heterocycles. The minimum atomic E-state index is -0.597. The van der Waals surface area contributed by atoms with Crippen molar-refractivity contribution < 1.29 is 9.84 Å². The first-order valence-corrected chi connectivity index (χ1v) is 4.60. The van der Waals surface area contributed by atoms with E-state index in [9.17, 15) is 5.11 Å². The molecule has 0 heterocycles. The van der Waals surface area contributed by atoms with Crippen molar-refractivity contribution in [2.24, 2.45) is 10.7 Å². The van der Waals surface area contributed by atoms with Crippen LogP contribution in [0.4, 0.5) is 0 Å². The van der Waals surface area contributed by atoms with Crippen LogP contribution in [0.1, 0.15) is 20.8 Å². The highest BCUT2D eigenvalue weighted by atomic mass is 16.5. The van der Waals surface area contributed by atoms with Gasteiger partial charge in [0.2, 0.25) is 0 Å². The standard InChI is InChI=1S/C9H21N3O2/c1-9(2,3)12-8(10)11-5-7(13)6-14-4/h7,13H,5-6H2,1-4H3,(H3,10,11,12). The number of hydrogen-bond donors (Lipinski definition) is 3. The van der Waals surface area contributed by atoms with Crippen molar-refractivity contribution in [3.8, 4) is 0 Å². The Kier molecular flexibility index (Phi) is 5.49. The summed E-state index contributed by atoms with van der Waals surface area (Å²) in [4.78, 5) is 3.98. The van der Waals surface area contributed by atoms with Gasteiger partial charge in [-0.25, -0.2) is 0 Å². The van der Waals surface area contributed by atoms with E-state index in [1.54, 1.807) is 0 Å². The lowest BCUT2D eigenvalue weighted by molar-refractivity contribution is 0.0704. The van der Waals surface area contributed by atoms with Crippen molar-refractivity contribution >= 4 is 5.96 Å². The number of nitrogens with zero attached hydrogens (tertiary/aromatic N) is 1. The van der Waals surface area contributed by atoms with Gasteiger partial charge in [0, 0.05) is 12.6 Å². The van der Waals surface area contributed by atoms with Crippen molar-refractivity contribution in [1.29, 1.82) is 0 Å². The molecule has 0 aromatic rings. The average Bonchev–Trinajstić information content (AvgIpc) is 1.98. The largest absolute Gasteiger partial charge is 0.389 e. The van der Waals surface area contributed by atoms with Crippen LogP contribution in [0.25, 0.3) is 0 Å². The van der Waals surface area contributed by atoms with Gasteiger partial charge in [-0.3, -0.25) is 4.99 Å². The van der Waals surface area contributed by atoms with Crippen LogP contribution in [0.2, 0.25) is 0 Å². The van der Waals surface area contributed by atoms with Crippen molar-refractivity contribution in [3.63, 3.8) is 0 Å². The number of methoxy groups -OCH3 is 1. The van der Waals surface area contributed by atoms with Gasteiger partial charge in [0.1, 0.15) is 0 Å². The van der Waals surface area contributed by atoms with Gasteiger partial charge in [-0.1, -0.05) is 0 Å². The van der Waals surface area contributed by atoms with Crippen molar-refractivity contribution in [2.45, 2.75) is 32.4 Å². The summed E-state index contributed by atoms with van der Waals surface area (Å²) >= 11 is 0. The van der Waals surface area contributed by atoms with Crippen molar-refractivity contribution in [1.82, 2.24) is 5.32 Å². The van der Waals surface area contributed by atoms with Crippen LogP contribution in [0.3, 0.4) is 0 Å². The van der Waals surface area contributed by atoms with E-state index in [0.29, 0.717) is 5.96 Å². The molecule has 0 aliphatic rings. The average molecular weight is 203 g/mol. The van der Waals surface area contributed by atoms with Gasteiger partial charge in [-0.05, 0) is 20.8 Å². The Morgan fingerprint density at radius 2 is 2.14 bits per heavy atom. The molecule has 84 valence electrons. The minimum Gasteiger partial charge on any atom is -0.389 e. The summed E-state index contributed by atoms with van der Waals surface area (Å²) in [6.07, 6.45) is -0.597. The molecule has 1 atom stereocenters. The number of guanidine groups is 1. The first-order chi connectivity index (χ1) is 6.35. The van der Waals surface area contributed by atoms with Gasteiger partial charge in [-0.15, -0.1) is 0 Å². The number of ether oxygens (including phenoxy) is 1. The molecule has 0 fully saturated rings. The fourth-order valence-electron chi connectivity index (χ4n) is 0.873. The van der Waals surface area contributed by atoms with Crippen LogP contribution < -0.4 is 11.1 Å². The van der Waals surface area contributed by atoms with E-state index in [-0.39, 0.29) is 18.7 Å². The SMILES string of the molecule is COCC(O)CN=C(N)NC(C)(C)C. The molecule has 0 bridgehead atoms. The fraction of sp³-hybridized carbons (Fsp3) is 0.889. The fourth-order valence-corrected chi connectivity index (χ4v) is 0.873. The highest BCUT2D eigenvalue weighted by molar-refractivity contribution is 5.78. The second-order valence-corrected chi connectivity index (χ2v) is 4.21. The number of rotatable bonds is 4. The smallest absolute Gasteiger partial charge is 0.189 e. The van der Waals surface area contributed by atoms with Crippen LogP contribution in [0.15, 0.2) is 4.99 Å². The number of nitrogens with two attached hydrogens (primary N) is 1. The Morgan fingerprint density at radius 3 is 2.57 bits per heavy atom. The third kappa shape index (κ3) is 7.82. The monoisotopic (exact) mass is 203 g/mol. The van der Waals surface area contributed by atoms with Gasteiger partial charge in [0.05, 0.1) is 19.3 Å². The van der Waals surface area contributed by atoms with E-state index in [2.05, 4.69) is 10.3 Å². The third-order valence-electron chi connectivity index (χ3n) is 1.33. The Labute approximate surface area is 85.4 Å². The van der Waals surface area contributed by atoms with Crippen LogP contribution in [0.5, 0.6) is 0 Å². The van der Waals surface area contributed by atoms with Gasteiger partial charge >= 0.3 is 0 Å². The molecule has 5 nitrogen and oxygen atoms in total. The highest BCUT2D eigenvalue weighted by Crippen LogP contribution is 1.97. The minimum absolute atomic E-state index is 0.111. The Morgan fingerprint density at radius 1 is 1.57 bits per heavy atom. The molecule has 0 amide bonds. The van der Waals surface area contributed by atoms with Crippen LogP contribution >= 0.6 is 0 Å². The molecule has 0 saturated heterocycles. The Bertz CT molecular complexity index is 187. The molecule has 0 aliphatic carbocycles. The number of aliphatic hydroxyl groups is 1. The number of aliphatic hydroxyl groups excluding tert-OH is 1. The first-order valence-electron chi connectivity index (χ1n) is 4.60. The summed E-state index contributed by atoms with van der Waals surface area (Å²) in [6.45, 7) is 6.48. The molecular weight excluding hydrogens is 182 g/mol. The van der Waals surface area contributed by atoms with Gasteiger partial charge in [0.25, 0.3) is 0 Å². The molecule has 0 aromatic carbocycles. The second kappa shape index (κ2) is 5.82. The topological polar surface area (TPSA) is 79.9 Å². The molecular formula is C9H21N3O2. The zero-order valence-electron chi connectivity index (χ0n) is 9.37. The summed E-state index contributed by atoms with van der Waals surface area (Å²) in [7, 11) is 1.53. The molecule has 14 heavy (non-hydrogen) atoms. The van der Waals surface area contributed by atoms with E-state index < -0.39 is 6.10 Å².